The molecule has 0 atom stereocenters. The number of rotatable bonds is 8. The fourth-order valence-corrected chi connectivity index (χ4v) is 10.7. The van der Waals surface area contributed by atoms with E-state index in [1.54, 1.807) is 0 Å². The highest BCUT2D eigenvalue weighted by Crippen LogP contribution is 2.45. The van der Waals surface area contributed by atoms with Gasteiger partial charge in [0.05, 0.1) is 11.0 Å². The van der Waals surface area contributed by atoms with Crippen LogP contribution in [0.2, 0.25) is 0 Å². The van der Waals surface area contributed by atoms with Crippen LogP contribution in [0, 0.1) is 0 Å². The first-order valence-electron chi connectivity index (χ1n) is 21.9. The van der Waals surface area contributed by atoms with Gasteiger partial charge in [0.2, 0.25) is 0 Å². The highest BCUT2D eigenvalue weighted by Gasteiger charge is 2.18. The van der Waals surface area contributed by atoms with Crippen LogP contribution in [0.3, 0.4) is 0 Å². The lowest BCUT2D eigenvalue weighted by Crippen LogP contribution is -1.95. The number of hydrogen-bond acceptors (Lipinski definition) is 1. The van der Waals surface area contributed by atoms with Crippen molar-refractivity contribution in [3.8, 4) is 61.3 Å². The van der Waals surface area contributed by atoms with Crippen LogP contribution in [-0.2, 0) is 0 Å². The van der Waals surface area contributed by atoms with Crippen LogP contribution in [0.5, 0.6) is 0 Å². The Morgan fingerprint density at radius 3 is 1.31 bits per heavy atom. The van der Waals surface area contributed by atoms with E-state index >= 15 is 0 Å². The van der Waals surface area contributed by atoms with E-state index in [4.69, 9.17) is 0 Å². The molecule has 0 saturated heterocycles. The molecule has 0 saturated carbocycles. The van der Waals surface area contributed by atoms with E-state index in [0.29, 0.717) is 0 Å². The van der Waals surface area contributed by atoms with E-state index in [9.17, 15) is 0 Å². The van der Waals surface area contributed by atoms with Crippen LogP contribution in [-0.4, -0.2) is 4.57 Å². The van der Waals surface area contributed by atoms with Gasteiger partial charge in [0.15, 0.2) is 0 Å². The van der Waals surface area contributed by atoms with Crippen molar-refractivity contribution in [1.82, 2.24) is 4.57 Å². The molecule has 12 aromatic rings. The summed E-state index contributed by atoms with van der Waals surface area (Å²) in [7, 11) is 0. The summed E-state index contributed by atoms with van der Waals surface area (Å²) in [6, 6.07) is 90.8. The van der Waals surface area contributed by atoms with Crippen LogP contribution in [0.4, 0.5) is 0 Å². The molecular formula is C62H41NS. The maximum absolute atomic E-state index is 2.42. The Bertz CT molecular complexity index is 3590. The van der Waals surface area contributed by atoms with Crippen molar-refractivity contribution in [1.29, 1.82) is 0 Å². The summed E-state index contributed by atoms with van der Waals surface area (Å²) < 4.78 is 2.42. The average molecular weight is 832 g/mol. The zero-order chi connectivity index (χ0) is 42.4. The first kappa shape index (κ1) is 37.8. The third-order valence-corrected chi connectivity index (χ3v) is 13.8. The zero-order valence-electron chi connectivity index (χ0n) is 35.0. The van der Waals surface area contributed by atoms with Crippen molar-refractivity contribution in [3.05, 3.63) is 249 Å². The summed E-state index contributed by atoms with van der Waals surface area (Å²) in [4.78, 5) is 2.49. The predicted molar refractivity (Wildman–Crippen MR) is 274 cm³/mol. The quantitative estimate of drug-likeness (QED) is 0.138. The minimum Gasteiger partial charge on any atom is -0.309 e. The van der Waals surface area contributed by atoms with Gasteiger partial charge in [0.25, 0.3) is 0 Å². The Balaban J connectivity index is 0.920. The monoisotopic (exact) mass is 831 g/mol. The molecule has 0 amide bonds. The Labute approximate surface area is 377 Å². The molecule has 0 N–H and O–H groups in total. The summed E-state index contributed by atoms with van der Waals surface area (Å²) in [5.41, 5.74) is 15.8. The molecule has 0 aliphatic heterocycles. The normalized spacial score (nSPS) is 11.5. The summed E-state index contributed by atoms with van der Waals surface area (Å²) in [6.07, 6.45) is 0. The molecule has 1 aromatic heterocycles. The Morgan fingerprint density at radius 1 is 0.266 bits per heavy atom. The third-order valence-electron chi connectivity index (χ3n) is 12.7. The lowest BCUT2D eigenvalue weighted by molar-refractivity contribution is 1.18. The molecule has 0 aliphatic rings. The van der Waals surface area contributed by atoms with Crippen molar-refractivity contribution in [2.75, 3.05) is 0 Å². The molecule has 2 heteroatoms. The number of fused-ring (bicyclic) bond motifs is 5. The van der Waals surface area contributed by atoms with Gasteiger partial charge in [-0.1, -0.05) is 212 Å². The Kier molecular flexibility index (Phi) is 9.51. The van der Waals surface area contributed by atoms with Crippen LogP contribution >= 0.6 is 11.8 Å². The van der Waals surface area contributed by atoms with Gasteiger partial charge in [-0.3, -0.25) is 0 Å². The van der Waals surface area contributed by atoms with Gasteiger partial charge in [-0.25, -0.2) is 0 Å². The topological polar surface area (TPSA) is 4.93 Å². The molecule has 1 nitrogen and oxygen atoms in total. The van der Waals surface area contributed by atoms with Crippen molar-refractivity contribution < 1.29 is 0 Å². The average Bonchev–Trinajstić information content (AvgIpc) is 3.70. The van der Waals surface area contributed by atoms with Crippen LogP contribution < -0.4 is 0 Å². The molecule has 64 heavy (non-hydrogen) atoms. The summed E-state index contributed by atoms with van der Waals surface area (Å²) >= 11 is 1.81. The summed E-state index contributed by atoms with van der Waals surface area (Å²) in [5, 5.41) is 7.50. The fourth-order valence-electron chi connectivity index (χ4n) is 9.67. The van der Waals surface area contributed by atoms with E-state index in [-0.39, 0.29) is 0 Å². The Hall–Kier alpha value is -7.91. The number of nitrogens with zero attached hydrogens (tertiary/aromatic N) is 1. The van der Waals surface area contributed by atoms with Crippen molar-refractivity contribution in [2.45, 2.75) is 9.79 Å². The standard InChI is InChI=1S/C62H41NS/c1-3-15-42(16-4-1)43-27-29-44(30-28-43)48-37-40-59-57(41-48)52-20-11-13-25-58(52)63(59)49-38-35-47(36-39-49)62-55-23-9-7-21-53(55)61(54-22-8-10-24-56(54)62)46-33-31-45(32-34-46)51-19-12-14-26-60(51)64-50-17-5-2-6-18-50/h1-41H. The molecule has 300 valence electrons. The Morgan fingerprint density at radius 2 is 0.688 bits per heavy atom. The molecule has 0 bridgehead atoms. The third kappa shape index (κ3) is 6.68. The van der Waals surface area contributed by atoms with Crippen LogP contribution in [0.15, 0.2) is 259 Å². The predicted octanol–water partition coefficient (Wildman–Crippen LogP) is 17.6. The molecule has 12 rings (SSSR count). The minimum absolute atomic E-state index is 1.14. The first-order chi connectivity index (χ1) is 31.7. The fraction of sp³-hybridized carbons (Fsp3) is 0. The summed E-state index contributed by atoms with van der Waals surface area (Å²) in [6.45, 7) is 0. The van der Waals surface area contributed by atoms with Gasteiger partial charge < -0.3 is 4.57 Å². The van der Waals surface area contributed by atoms with Crippen LogP contribution in [0.25, 0.3) is 105 Å². The van der Waals surface area contributed by atoms with E-state index in [1.165, 1.54) is 109 Å². The number of aromatic nitrogens is 1. The molecule has 1 heterocycles. The van der Waals surface area contributed by atoms with Gasteiger partial charge in [-0.05, 0) is 126 Å². The highest BCUT2D eigenvalue weighted by atomic mass is 32.2. The number of hydrogen-bond donors (Lipinski definition) is 0. The van der Waals surface area contributed by atoms with Gasteiger partial charge >= 0.3 is 0 Å². The number of para-hydroxylation sites is 1. The SMILES string of the molecule is c1ccc(Sc2ccccc2-c2ccc(-c3c4ccccc4c(-c4ccc(-n5c6ccccc6c6cc(-c7ccc(-c8ccccc8)cc7)ccc65)cc4)c4ccccc34)cc2)cc1. The maximum Gasteiger partial charge on any atom is 0.0541 e. The zero-order valence-corrected chi connectivity index (χ0v) is 35.8. The summed E-state index contributed by atoms with van der Waals surface area (Å²) in [5.74, 6) is 0. The molecule has 0 fully saturated rings. The molecular weight excluding hydrogens is 791 g/mol. The van der Waals surface area contributed by atoms with Gasteiger partial charge in [0.1, 0.15) is 0 Å². The lowest BCUT2D eigenvalue weighted by Gasteiger charge is -2.18. The molecule has 0 spiro atoms. The van der Waals surface area contributed by atoms with Gasteiger partial charge in [-0.15, -0.1) is 0 Å². The lowest BCUT2D eigenvalue weighted by atomic mass is 9.85. The maximum atomic E-state index is 2.42. The molecule has 0 radical (unpaired) electrons. The van der Waals surface area contributed by atoms with E-state index < -0.39 is 0 Å². The van der Waals surface area contributed by atoms with Gasteiger partial charge in [0, 0.05) is 26.3 Å². The van der Waals surface area contributed by atoms with E-state index in [1.807, 2.05) is 11.8 Å². The molecule has 0 aliphatic carbocycles. The van der Waals surface area contributed by atoms with Crippen molar-refractivity contribution in [2.24, 2.45) is 0 Å². The van der Waals surface area contributed by atoms with Crippen molar-refractivity contribution in [3.63, 3.8) is 0 Å². The highest BCUT2D eigenvalue weighted by molar-refractivity contribution is 7.99. The second kappa shape index (κ2) is 16.1. The van der Waals surface area contributed by atoms with Crippen LogP contribution in [0.1, 0.15) is 0 Å². The minimum atomic E-state index is 1.14. The number of benzene rings is 11. The van der Waals surface area contributed by atoms with Crippen molar-refractivity contribution >= 4 is 55.1 Å². The first-order valence-corrected chi connectivity index (χ1v) is 22.7. The molecule has 0 unspecified atom stereocenters. The largest absolute Gasteiger partial charge is 0.309 e. The van der Waals surface area contributed by atoms with E-state index in [0.717, 1.165) is 5.69 Å². The van der Waals surface area contributed by atoms with Gasteiger partial charge in [-0.2, -0.15) is 0 Å². The van der Waals surface area contributed by atoms with E-state index in [2.05, 4.69) is 253 Å². The second-order valence-electron chi connectivity index (χ2n) is 16.4. The molecule has 11 aromatic carbocycles. The second-order valence-corrected chi connectivity index (χ2v) is 17.5. The smallest absolute Gasteiger partial charge is 0.0541 e.